The van der Waals surface area contributed by atoms with Gasteiger partial charge < -0.3 is 5.32 Å². The Kier molecular flexibility index (Phi) is 4.51. The summed E-state index contributed by atoms with van der Waals surface area (Å²) in [6.45, 7) is 3.29. The molecule has 134 valence electrons. The third kappa shape index (κ3) is 3.37. The number of aromatic nitrogens is 4. The lowest BCUT2D eigenvalue weighted by atomic mass is 9.95. The molecule has 3 aromatic rings. The second-order valence-electron chi connectivity index (χ2n) is 6.69. The van der Waals surface area contributed by atoms with E-state index in [0.29, 0.717) is 18.0 Å². The van der Waals surface area contributed by atoms with Crippen LogP contribution in [0.2, 0.25) is 5.02 Å². The molecule has 0 radical (unpaired) electrons. The van der Waals surface area contributed by atoms with Gasteiger partial charge in [-0.1, -0.05) is 23.7 Å². The van der Waals surface area contributed by atoms with Crippen LogP contribution in [0.3, 0.4) is 0 Å². The zero-order valence-electron chi connectivity index (χ0n) is 14.5. The number of nitrogens with zero attached hydrogens (tertiary/aromatic N) is 4. The van der Waals surface area contributed by atoms with E-state index < -0.39 is 0 Å². The van der Waals surface area contributed by atoms with Crippen molar-refractivity contribution >= 4 is 23.3 Å². The average molecular weight is 370 g/mol. The van der Waals surface area contributed by atoms with E-state index in [2.05, 4.69) is 15.5 Å². The zero-order chi connectivity index (χ0) is 18.1. The van der Waals surface area contributed by atoms with Gasteiger partial charge >= 0.3 is 0 Å². The number of fused-ring (bicyclic) bond motifs is 1. The van der Waals surface area contributed by atoms with E-state index >= 15 is 0 Å². The number of benzene rings is 1. The Bertz CT molecular complexity index is 945. The van der Waals surface area contributed by atoms with Gasteiger partial charge in [-0.15, -0.1) is 0 Å². The maximum Gasteiger partial charge on any atom is 0.229 e. The summed E-state index contributed by atoms with van der Waals surface area (Å²) >= 11 is 6.07. The van der Waals surface area contributed by atoms with Gasteiger partial charge in [-0.2, -0.15) is 10.2 Å². The van der Waals surface area contributed by atoms with Gasteiger partial charge in [0.2, 0.25) is 5.91 Å². The minimum absolute atomic E-state index is 0.0356. The summed E-state index contributed by atoms with van der Waals surface area (Å²) in [6, 6.07) is 9.64. The summed E-state index contributed by atoms with van der Waals surface area (Å²) in [5.74, 6) is 0.732. The number of rotatable bonds is 4. The van der Waals surface area contributed by atoms with Crippen LogP contribution in [-0.2, 0) is 24.3 Å². The van der Waals surface area contributed by atoms with E-state index in [4.69, 9.17) is 11.6 Å². The monoisotopic (exact) mass is 369 g/mol. The quantitative estimate of drug-likeness (QED) is 0.767. The first-order valence-corrected chi connectivity index (χ1v) is 9.06. The molecule has 7 heteroatoms. The molecule has 0 bridgehead atoms. The number of hydrogen-bond acceptors (Lipinski definition) is 3. The van der Waals surface area contributed by atoms with Crippen molar-refractivity contribution in [3.63, 3.8) is 0 Å². The van der Waals surface area contributed by atoms with Crippen molar-refractivity contribution in [3.05, 3.63) is 64.6 Å². The van der Waals surface area contributed by atoms with Gasteiger partial charge in [0.1, 0.15) is 5.82 Å². The largest absolute Gasteiger partial charge is 0.310 e. The Hall–Kier alpha value is -2.60. The van der Waals surface area contributed by atoms with E-state index in [1.165, 1.54) is 0 Å². The summed E-state index contributed by atoms with van der Waals surface area (Å²) in [6.07, 6.45) is 5.07. The fourth-order valence-corrected chi connectivity index (χ4v) is 3.59. The summed E-state index contributed by atoms with van der Waals surface area (Å²) in [5.41, 5.74) is 3.10. The molecular weight excluding hydrogens is 350 g/mol. The molecule has 0 saturated carbocycles. The molecule has 0 aliphatic carbocycles. The first-order valence-electron chi connectivity index (χ1n) is 8.68. The molecule has 1 unspecified atom stereocenters. The van der Waals surface area contributed by atoms with Crippen molar-refractivity contribution in [2.45, 2.75) is 32.9 Å². The predicted molar refractivity (Wildman–Crippen MR) is 100 cm³/mol. The zero-order valence-corrected chi connectivity index (χ0v) is 15.3. The molecule has 4 rings (SSSR count). The van der Waals surface area contributed by atoms with Crippen molar-refractivity contribution < 1.29 is 4.79 Å². The van der Waals surface area contributed by atoms with Gasteiger partial charge in [0.05, 0.1) is 12.7 Å². The molecule has 1 N–H and O–H groups in total. The molecule has 3 heterocycles. The van der Waals surface area contributed by atoms with E-state index in [1.54, 1.807) is 12.4 Å². The number of aryl methyl sites for hydroxylation is 2. The topological polar surface area (TPSA) is 64.7 Å². The maximum absolute atomic E-state index is 12.8. The fourth-order valence-electron chi connectivity index (χ4n) is 3.38. The van der Waals surface area contributed by atoms with Crippen LogP contribution in [0.25, 0.3) is 0 Å². The molecule has 0 fully saturated rings. The van der Waals surface area contributed by atoms with Gasteiger partial charge in [0, 0.05) is 41.4 Å². The second kappa shape index (κ2) is 6.96. The van der Waals surface area contributed by atoms with Crippen LogP contribution in [0.5, 0.6) is 0 Å². The first kappa shape index (κ1) is 16.8. The molecule has 1 aliphatic rings. The molecule has 6 nitrogen and oxygen atoms in total. The smallest absolute Gasteiger partial charge is 0.229 e. The van der Waals surface area contributed by atoms with Crippen molar-refractivity contribution in [2.24, 2.45) is 5.92 Å². The van der Waals surface area contributed by atoms with Crippen molar-refractivity contribution in [2.75, 3.05) is 5.32 Å². The lowest BCUT2D eigenvalue weighted by Crippen LogP contribution is -2.31. The van der Waals surface area contributed by atoms with Crippen LogP contribution >= 0.6 is 11.6 Å². The number of anilines is 1. The second-order valence-corrected chi connectivity index (χ2v) is 7.12. The van der Waals surface area contributed by atoms with Crippen LogP contribution in [0.1, 0.15) is 23.2 Å². The molecular formula is C19H20ClN5O. The third-order valence-electron chi connectivity index (χ3n) is 4.81. The molecule has 0 spiro atoms. The van der Waals surface area contributed by atoms with Crippen LogP contribution in [0.15, 0.2) is 42.7 Å². The maximum atomic E-state index is 12.8. The van der Waals surface area contributed by atoms with Gasteiger partial charge in [-0.3, -0.25) is 9.48 Å². The minimum Gasteiger partial charge on any atom is -0.310 e. The average Bonchev–Trinajstić information content (AvgIpc) is 3.22. The lowest BCUT2D eigenvalue weighted by molar-refractivity contribution is -0.120. The highest BCUT2D eigenvalue weighted by atomic mass is 35.5. The van der Waals surface area contributed by atoms with Crippen LogP contribution in [0.4, 0.5) is 5.82 Å². The molecule has 2 aromatic heterocycles. The Balaban J connectivity index is 1.50. The number of hydrogen-bond donors (Lipinski definition) is 1. The fraction of sp³-hybridized carbons (Fsp3) is 0.316. The van der Waals surface area contributed by atoms with E-state index in [1.807, 2.05) is 46.6 Å². The Morgan fingerprint density at radius 2 is 2.23 bits per heavy atom. The number of carbonyl (C=O) groups is 1. The first-order chi connectivity index (χ1) is 12.6. The van der Waals surface area contributed by atoms with Crippen molar-refractivity contribution in [1.82, 2.24) is 19.6 Å². The normalized spacial score (nSPS) is 16.3. The van der Waals surface area contributed by atoms with Gasteiger partial charge in [-0.05, 0) is 37.1 Å². The molecule has 26 heavy (non-hydrogen) atoms. The molecule has 1 atom stereocenters. The van der Waals surface area contributed by atoms with E-state index in [0.717, 1.165) is 35.6 Å². The van der Waals surface area contributed by atoms with Crippen molar-refractivity contribution in [3.8, 4) is 0 Å². The van der Waals surface area contributed by atoms with Crippen LogP contribution < -0.4 is 5.32 Å². The molecule has 1 aromatic carbocycles. The van der Waals surface area contributed by atoms with Gasteiger partial charge in [0.15, 0.2) is 0 Å². The molecule has 0 saturated heterocycles. The van der Waals surface area contributed by atoms with Crippen molar-refractivity contribution in [1.29, 1.82) is 0 Å². The van der Waals surface area contributed by atoms with Gasteiger partial charge in [-0.25, -0.2) is 4.68 Å². The summed E-state index contributed by atoms with van der Waals surface area (Å²) in [7, 11) is 0. The standard InChI is InChI=1S/C19H20ClN5O/c1-13-11-22-25(12-14-3-2-4-16(20)9-14)18(13)23-19(26)15-6-8-24-17(10-15)5-7-21-24/h2-5,7,9,11,15H,6,8,10,12H2,1H3,(H,23,26). The number of nitrogens with one attached hydrogen (secondary N) is 1. The molecule has 1 amide bonds. The Labute approximate surface area is 156 Å². The number of amides is 1. The summed E-state index contributed by atoms with van der Waals surface area (Å²) in [5, 5.41) is 12.5. The highest BCUT2D eigenvalue weighted by Crippen LogP contribution is 2.23. The molecule has 1 aliphatic heterocycles. The number of halogens is 1. The minimum atomic E-state index is -0.0480. The van der Waals surface area contributed by atoms with E-state index in [9.17, 15) is 4.79 Å². The highest BCUT2D eigenvalue weighted by molar-refractivity contribution is 6.30. The highest BCUT2D eigenvalue weighted by Gasteiger charge is 2.26. The Morgan fingerprint density at radius 1 is 1.35 bits per heavy atom. The third-order valence-corrected chi connectivity index (χ3v) is 5.04. The van der Waals surface area contributed by atoms with Crippen LogP contribution in [-0.4, -0.2) is 25.5 Å². The number of carbonyl (C=O) groups excluding carboxylic acids is 1. The van der Waals surface area contributed by atoms with Crippen LogP contribution in [0, 0.1) is 12.8 Å². The predicted octanol–water partition coefficient (Wildman–Crippen LogP) is 3.29. The Morgan fingerprint density at radius 3 is 3.08 bits per heavy atom. The summed E-state index contributed by atoms with van der Waals surface area (Å²) < 4.78 is 3.78. The van der Waals surface area contributed by atoms with E-state index in [-0.39, 0.29) is 11.8 Å². The SMILES string of the molecule is Cc1cnn(Cc2cccc(Cl)c2)c1NC(=O)C1CCn2nccc2C1. The lowest BCUT2D eigenvalue weighted by Gasteiger charge is -2.23. The summed E-state index contributed by atoms with van der Waals surface area (Å²) in [4.78, 5) is 12.8. The van der Waals surface area contributed by atoms with Gasteiger partial charge in [0.25, 0.3) is 0 Å².